The lowest BCUT2D eigenvalue weighted by atomic mass is 9.96. The summed E-state index contributed by atoms with van der Waals surface area (Å²) in [5.41, 5.74) is 5.10. The van der Waals surface area contributed by atoms with Crippen molar-refractivity contribution in [3.63, 3.8) is 0 Å². The van der Waals surface area contributed by atoms with E-state index < -0.39 is 8.07 Å². The predicted octanol–water partition coefficient (Wildman–Crippen LogP) is 4.95. The first-order chi connectivity index (χ1) is 19.4. The van der Waals surface area contributed by atoms with Gasteiger partial charge in [-0.15, -0.1) is 0 Å². The van der Waals surface area contributed by atoms with Crippen LogP contribution in [0.4, 0.5) is 11.5 Å². The van der Waals surface area contributed by atoms with Crippen molar-refractivity contribution in [3.8, 4) is 17.3 Å². The van der Waals surface area contributed by atoms with E-state index in [1.807, 2.05) is 40.1 Å². The minimum absolute atomic E-state index is 0.0157. The van der Waals surface area contributed by atoms with Crippen LogP contribution in [0.15, 0.2) is 43.2 Å². The molecule has 0 bridgehead atoms. The van der Waals surface area contributed by atoms with Gasteiger partial charge >= 0.3 is 0 Å². The molecule has 0 saturated carbocycles. The molecule has 6 rings (SSSR count). The fourth-order valence-corrected chi connectivity index (χ4v) is 6.50. The SMILES string of the molecule is C[Si](C)(C)CCOCn1ccc2c(-c3cnn(C(CC#N)C4CCN(c5cc6c(cn5)CCN6)C4)c3)ncnc21. The van der Waals surface area contributed by atoms with Gasteiger partial charge in [-0.1, -0.05) is 19.6 Å². The second-order valence-electron chi connectivity index (χ2n) is 12.1. The average Bonchev–Trinajstić information content (AvgIpc) is 3.75. The standard InChI is InChI=1S/C29H37N9OSi/c1-40(2,3)13-12-39-20-37-11-7-24-28(33-19-34-29(24)37)23-16-35-38(18-23)26(4-8-30)22-6-10-36(17-22)27-14-25-21(15-32-27)5-9-31-25/h7,11,14-16,18-19,22,26,31H,4-6,9-10,12-13,17,20H2,1-3H3. The van der Waals surface area contributed by atoms with Crippen molar-refractivity contribution < 1.29 is 4.74 Å². The van der Waals surface area contributed by atoms with Crippen molar-refractivity contribution in [1.29, 1.82) is 5.26 Å². The Labute approximate surface area is 236 Å². The average molecular weight is 556 g/mol. The number of hydrogen-bond acceptors (Lipinski definition) is 8. The van der Waals surface area contributed by atoms with Gasteiger partial charge in [0.05, 0.1) is 30.4 Å². The third-order valence-corrected chi connectivity index (χ3v) is 9.78. The fraction of sp³-hybridized carbons (Fsp3) is 0.483. The molecule has 6 heterocycles. The van der Waals surface area contributed by atoms with E-state index in [2.05, 4.69) is 52.0 Å². The number of nitrogens with zero attached hydrogens (tertiary/aromatic N) is 8. The Morgan fingerprint density at radius 2 is 2.12 bits per heavy atom. The smallest absolute Gasteiger partial charge is 0.145 e. The maximum Gasteiger partial charge on any atom is 0.145 e. The summed E-state index contributed by atoms with van der Waals surface area (Å²) in [7, 11) is -1.13. The van der Waals surface area contributed by atoms with Crippen molar-refractivity contribution in [2.75, 3.05) is 36.5 Å². The van der Waals surface area contributed by atoms with Crippen LogP contribution >= 0.6 is 0 Å². The highest BCUT2D eigenvalue weighted by Crippen LogP contribution is 2.35. The Morgan fingerprint density at radius 3 is 2.98 bits per heavy atom. The summed E-state index contributed by atoms with van der Waals surface area (Å²) in [6, 6.07) is 7.73. The van der Waals surface area contributed by atoms with Crippen LogP contribution < -0.4 is 10.2 Å². The molecule has 2 aliphatic rings. The number of nitrogens with one attached hydrogen (secondary N) is 1. The number of fused-ring (bicyclic) bond motifs is 2. The Bertz CT molecular complexity index is 1530. The number of aromatic nitrogens is 6. The van der Waals surface area contributed by atoms with Gasteiger partial charge in [0.15, 0.2) is 0 Å². The Morgan fingerprint density at radius 1 is 1.23 bits per heavy atom. The van der Waals surface area contributed by atoms with Crippen LogP contribution in [0.2, 0.25) is 25.7 Å². The Balaban J connectivity index is 1.18. The minimum atomic E-state index is -1.13. The van der Waals surface area contributed by atoms with Crippen molar-refractivity contribution in [2.45, 2.75) is 57.7 Å². The van der Waals surface area contributed by atoms with Gasteiger partial charge in [-0.05, 0) is 30.5 Å². The number of pyridine rings is 1. The lowest BCUT2D eigenvalue weighted by Gasteiger charge is -2.23. The van der Waals surface area contributed by atoms with Crippen LogP contribution in [0.1, 0.15) is 24.4 Å². The summed E-state index contributed by atoms with van der Waals surface area (Å²) in [5.74, 6) is 1.31. The number of rotatable bonds is 10. The Kier molecular flexibility index (Phi) is 7.29. The van der Waals surface area contributed by atoms with Gasteiger partial charge in [-0.2, -0.15) is 10.4 Å². The molecule has 0 amide bonds. The van der Waals surface area contributed by atoms with Gasteiger partial charge in [-0.3, -0.25) is 4.68 Å². The molecule has 1 fully saturated rings. The minimum Gasteiger partial charge on any atom is -0.384 e. The van der Waals surface area contributed by atoms with Crippen LogP contribution in [-0.4, -0.2) is 63.6 Å². The molecule has 4 aromatic heterocycles. The largest absolute Gasteiger partial charge is 0.384 e. The molecule has 1 saturated heterocycles. The van der Waals surface area contributed by atoms with Crippen LogP contribution in [0.25, 0.3) is 22.3 Å². The van der Waals surface area contributed by atoms with Crippen molar-refractivity contribution in [3.05, 3.63) is 48.8 Å². The number of anilines is 2. The highest BCUT2D eigenvalue weighted by Gasteiger charge is 2.32. The normalized spacial score (nSPS) is 17.6. The first kappa shape index (κ1) is 26.5. The first-order valence-electron chi connectivity index (χ1n) is 14.2. The van der Waals surface area contributed by atoms with Gasteiger partial charge in [0.2, 0.25) is 0 Å². The molecule has 10 nitrogen and oxygen atoms in total. The third-order valence-electron chi connectivity index (χ3n) is 8.07. The Hall–Kier alpha value is -3.75. The van der Waals surface area contributed by atoms with E-state index in [0.29, 0.717) is 19.1 Å². The molecule has 0 aromatic carbocycles. The molecule has 11 heteroatoms. The molecule has 40 heavy (non-hydrogen) atoms. The molecule has 1 N–H and O–H groups in total. The van der Waals surface area contributed by atoms with Crippen molar-refractivity contribution >= 4 is 30.6 Å². The van der Waals surface area contributed by atoms with E-state index in [9.17, 15) is 5.26 Å². The highest BCUT2D eigenvalue weighted by molar-refractivity contribution is 6.76. The van der Waals surface area contributed by atoms with Gasteiger partial charge in [-0.25, -0.2) is 15.0 Å². The molecule has 208 valence electrons. The van der Waals surface area contributed by atoms with Crippen molar-refractivity contribution in [2.24, 2.45) is 5.92 Å². The maximum absolute atomic E-state index is 9.69. The molecule has 0 radical (unpaired) electrons. The summed E-state index contributed by atoms with van der Waals surface area (Å²) in [4.78, 5) is 16.2. The maximum atomic E-state index is 9.69. The van der Waals surface area contributed by atoms with Gasteiger partial charge < -0.3 is 19.5 Å². The van der Waals surface area contributed by atoms with Crippen LogP contribution in [0.3, 0.4) is 0 Å². The highest BCUT2D eigenvalue weighted by atomic mass is 28.3. The fourth-order valence-electron chi connectivity index (χ4n) is 5.74. The van der Waals surface area contributed by atoms with Crippen LogP contribution in [-0.2, 0) is 17.9 Å². The van der Waals surface area contributed by atoms with Crippen LogP contribution in [0.5, 0.6) is 0 Å². The van der Waals surface area contributed by atoms with E-state index in [1.165, 1.54) is 11.3 Å². The second-order valence-corrected chi connectivity index (χ2v) is 17.7. The van der Waals surface area contributed by atoms with Gasteiger partial charge in [0, 0.05) is 81.5 Å². The topological polar surface area (TPSA) is 110 Å². The molecular weight excluding hydrogens is 518 g/mol. The first-order valence-corrected chi connectivity index (χ1v) is 17.9. The molecule has 0 aliphatic carbocycles. The van der Waals surface area contributed by atoms with Crippen LogP contribution in [0, 0.1) is 17.2 Å². The number of ether oxygens (including phenoxy) is 1. The monoisotopic (exact) mass is 555 g/mol. The molecule has 2 aliphatic heterocycles. The summed E-state index contributed by atoms with van der Waals surface area (Å²) < 4.78 is 9.97. The molecule has 0 spiro atoms. The zero-order valence-electron chi connectivity index (χ0n) is 23.5. The third kappa shape index (κ3) is 5.46. The van der Waals surface area contributed by atoms with E-state index >= 15 is 0 Å². The van der Waals surface area contributed by atoms with Crippen molar-refractivity contribution in [1.82, 2.24) is 29.3 Å². The summed E-state index contributed by atoms with van der Waals surface area (Å²) >= 11 is 0. The molecular formula is C29H37N9OSi. The molecule has 2 unspecified atom stereocenters. The summed E-state index contributed by atoms with van der Waals surface area (Å²) in [5, 5.41) is 18.8. The lowest BCUT2D eigenvalue weighted by molar-refractivity contribution is 0.0899. The molecule has 2 atom stereocenters. The summed E-state index contributed by atoms with van der Waals surface area (Å²) in [6.07, 6.45) is 11.9. The number of hydrogen-bond donors (Lipinski definition) is 1. The van der Waals surface area contributed by atoms with Gasteiger partial charge in [0.1, 0.15) is 24.5 Å². The van der Waals surface area contributed by atoms with Gasteiger partial charge in [0.25, 0.3) is 0 Å². The number of nitriles is 1. The zero-order chi connectivity index (χ0) is 27.7. The van der Waals surface area contributed by atoms with E-state index in [4.69, 9.17) is 14.8 Å². The van der Waals surface area contributed by atoms with E-state index in [1.54, 1.807) is 6.33 Å². The quantitative estimate of drug-likeness (QED) is 0.216. The zero-order valence-corrected chi connectivity index (χ0v) is 24.5. The lowest BCUT2D eigenvalue weighted by Crippen LogP contribution is -2.25. The molecule has 4 aromatic rings. The summed E-state index contributed by atoms with van der Waals surface area (Å²) in [6.45, 7) is 11.1. The second kappa shape index (κ2) is 11.0. The predicted molar refractivity (Wildman–Crippen MR) is 159 cm³/mol. The van der Waals surface area contributed by atoms with E-state index in [0.717, 1.165) is 73.2 Å². The van der Waals surface area contributed by atoms with E-state index in [-0.39, 0.29) is 6.04 Å².